The Morgan fingerprint density at radius 1 is 1.00 bits per heavy atom. The van der Waals surface area contributed by atoms with Crippen LogP contribution >= 0.6 is 22.9 Å². The molecule has 2 heterocycles. The van der Waals surface area contributed by atoms with Crippen LogP contribution in [-0.4, -0.2) is 16.1 Å². The summed E-state index contributed by atoms with van der Waals surface area (Å²) in [7, 11) is 0. The Labute approximate surface area is 163 Å². The van der Waals surface area contributed by atoms with E-state index in [0.29, 0.717) is 21.4 Å². The lowest BCUT2D eigenvalue weighted by Crippen LogP contribution is -2.13. The van der Waals surface area contributed by atoms with Gasteiger partial charge in [-0.2, -0.15) is 0 Å². The molecule has 0 aliphatic heterocycles. The van der Waals surface area contributed by atoms with Crippen molar-refractivity contribution in [3.8, 4) is 22.3 Å². The fourth-order valence-electron chi connectivity index (χ4n) is 2.33. The Morgan fingerprint density at radius 2 is 1.78 bits per heavy atom. The number of amides is 1. The van der Waals surface area contributed by atoms with Gasteiger partial charge in [-0.3, -0.25) is 10.1 Å². The highest BCUT2D eigenvalue weighted by atomic mass is 35.5. The van der Waals surface area contributed by atoms with E-state index in [4.69, 9.17) is 20.8 Å². The Hall–Kier alpha value is -3.16. The SMILES string of the molecule is O=C(Nc1nnc(-c2ccc(Cl)s2)o1)c1ccccc1Oc1ccccc1. The number of carbonyl (C=O) groups excluding carboxylic acids is 1. The van der Waals surface area contributed by atoms with Gasteiger partial charge < -0.3 is 9.15 Å². The number of hydrogen-bond acceptors (Lipinski definition) is 6. The van der Waals surface area contributed by atoms with E-state index in [2.05, 4.69) is 15.5 Å². The highest BCUT2D eigenvalue weighted by molar-refractivity contribution is 7.19. The molecule has 0 aliphatic rings. The summed E-state index contributed by atoms with van der Waals surface area (Å²) in [4.78, 5) is 13.4. The molecular weight excluding hydrogens is 386 g/mol. The standard InChI is InChI=1S/C19H12ClN3O3S/c20-16-11-10-15(27-16)18-22-23-19(26-18)21-17(24)13-8-4-5-9-14(13)25-12-6-2-1-3-7-12/h1-11H,(H,21,23,24). The summed E-state index contributed by atoms with van der Waals surface area (Å²) >= 11 is 7.22. The number of rotatable bonds is 5. The molecule has 27 heavy (non-hydrogen) atoms. The Kier molecular flexibility index (Phi) is 4.86. The topological polar surface area (TPSA) is 77.3 Å². The molecule has 0 saturated heterocycles. The summed E-state index contributed by atoms with van der Waals surface area (Å²) in [6.45, 7) is 0. The minimum absolute atomic E-state index is 0.00552. The molecule has 4 aromatic rings. The first-order chi connectivity index (χ1) is 13.2. The molecule has 134 valence electrons. The third kappa shape index (κ3) is 3.99. The molecule has 1 N–H and O–H groups in total. The fourth-order valence-corrected chi connectivity index (χ4v) is 3.29. The molecule has 0 spiro atoms. The van der Waals surface area contributed by atoms with E-state index in [-0.39, 0.29) is 11.9 Å². The lowest BCUT2D eigenvalue weighted by atomic mass is 10.2. The van der Waals surface area contributed by atoms with Crippen molar-refractivity contribution in [1.29, 1.82) is 0 Å². The second kappa shape index (κ2) is 7.61. The summed E-state index contributed by atoms with van der Waals surface area (Å²) in [6, 6.07) is 19.6. The number of anilines is 1. The normalized spacial score (nSPS) is 10.6. The molecule has 0 saturated carbocycles. The molecule has 0 bridgehead atoms. The van der Waals surface area contributed by atoms with Crippen LogP contribution in [0.25, 0.3) is 10.8 Å². The number of aromatic nitrogens is 2. The van der Waals surface area contributed by atoms with E-state index in [1.807, 2.05) is 30.3 Å². The van der Waals surface area contributed by atoms with Gasteiger partial charge in [0.2, 0.25) is 0 Å². The lowest BCUT2D eigenvalue weighted by molar-refractivity contribution is 0.102. The summed E-state index contributed by atoms with van der Waals surface area (Å²) in [5.41, 5.74) is 0.347. The van der Waals surface area contributed by atoms with Crippen molar-refractivity contribution < 1.29 is 13.9 Å². The minimum atomic E-state index is -0.416. The summed E-state index contributed by atoms with van der Waals surface area (Å²) < 4.78 is 11.9. The van der Waals surface area contributed by atoms with Crippen LogP contribution in [0.3, 0.4) is 0 Å². The number of nitrogens with zero attached hydrogens (tertiary/aromatic N) is 2. The molecule has 0 fully saturated rings. The second-order valence-corrected chi connectivity index (χ2v) is 7.10. The van der Waals surface area contributed by atoms with Crippen molar-refractivity contribution in [1.82, 2.24) is 10.2 Å². The van der Waals surface area contributed by atoms with E-state index in [1.165, 1.54) is 11.3 Å². The van der Waals surface area contributed by atoms with E-state index < -0.39 is 5.91 Å². The van der Waals surface area contributed by atoms with Gasteiger partial charge in [0.05, 0.1) is 14.8 Å². The van der Waals surface area contributed by atoms with Gasteiger partial charge in [-0.05, 0) is 36.4 Å². The monoisotopic (exact) mass is 397 g/mol. The zero-order valence-corrected chi connectivity index (χ0v) is 15.3. The molecule has 0 radical (unpaired) electrons. The minimum Gasteiger partial charge on any atom is -0.457 e. The predicted octanol–water partition coefficient (Wildman–Crippen LogP) is 5.50. The Morgan fingerprint density at radius 3 is 2.56 bits per heavy atom. The smallest absolute Gasteiger partial charge is 0.322 e. The largest absolute Gasteiger partial charge is 0.457 e. The summed E-state index contributed by atoms with van der Waals surface area (Å²) in [5.74, 6) is 0.926. The number of thiophene rings is 1. The number of para-hydroxylation sites is 2. The van der Waals surface area contributed by atoms with Crippen molar-refractivity contribution in [2.45, 2.75) is 0 Å². The molecule has 2 aromatic heterocycles. The van der Waals surface area contributed by atoms with Crippen LogP contribution in [0.4, 0.5) is 6.01 Å². The molecule has 1 amide bonds. The Bertz CT molecular complexity index is 1080. The molecule has 0 atom stereocenters. The first-order valence-corrected chi connectivity index (χ1v) is 9.11. The van der Waals surface area contributed by atoms with Crippen LogP contribution in [-0.2, 0) is 0 Å². The number of carbonyl (C=O) groups is 1. The highest BCUT2D eigenvalue weighted by Crippen LogP contribution is 2.31. The number of benzene rings is 2. The highest BCUT2D eigenvalue weighted by Gasteiger charge is 2.17. The number of halogens is 1. The van der Waals surface area contributed by atoms with Gasteiger partial charge in [0.15, 0.2) is 0 Å². The number of hydrogen-bond donors (Lipinski definition) is 1. The average molecular weight is 398 g/mol. The van der Waals surface area contributed by atoms with E-state index >= 15 is 0 Å². The van der Waals surface area contributed by atoms with Gasteiger partial charge in [-0.25, -0.2) is 0 Å². The van der Waals surface area contributed by atoms with Crippen molar-refractivity contribution in [2.75, 3.05) is 5.32 Å². The van der Waals surface area contributed by atoms with Crippen LogP contribution in [0.15, 0.2) is 71.1 Å². The van der Waals surface area contributed by atoms with Crippen LogP contribution in [0.1, 0.15) is 10.4 Å². The van der Waals surface area contributed by atoms with Gasteiger partial charge in [0.1, 0.15) is 11.5 Å². The zero-order chi connectivity index (χ0) is 18.6. The van der Waals surface area contributed by atoms with Crippen molar-refractivity contribution in [3.05, 3.63) is 76.6 Å². The fraction of sp³-hybridized carbons (Fsp3) is 0. The molecule has 0 unspecified atom stereocenters. The summed E-state index contributed by atoms with van der Waals surface area (Å²) in [6.07, 6.45) is 0. The van der Waals surface area contributed by atoms with Gasteiger partial charge >= 0.3 is 6.01 Å². The zero-order valence-electron chi connectivity index (χ0n) is 13.8. The van der Waals surface area contributed by atoms with Crippen LogP contribution in [0.2, 0.25) is 4.34 Å². The van der Waals surface area contributed by atoms with Gasteiger partial charge in [0.25, 0.3) is 11.8 Å². The van der Waals surface area contributed by atoms with Crippen LogP contribution < -0.4 is 10.1 Å². The van der Waals surface area contributed by atoms with E-state index in [1.54, 1.807) is 36.4 Å². The summed E-state index contributed by atoms with van der Waals surface area (Å²) in [5, 5.41) is 10.4. The van der Waals surface area contributed by atoms with Crippen molar-refractivity contribution >= 4 is 34.9 Å². The lowest BCUT2D eigenvalue weighted by Gasteiger charge is -2.10. The molecule has 8 heteroatoms. The van der Waals surface area contributed by atoms with Gasteiger partial charge in [-0.15, -0.1) is 16.4 Å². The molecular formula is C19H12ClN3O3S. The first-order valence-electron chi connectivity index (χ1n) is 7.91. The van der Waals surface area contributed by atoms with E-state index in [9.17, 15) is 4.79 Å². The maximum absolute atomic E-state index is 12.6. The number of ether oxygens (including phenoxy) is 1. The maximum atomic E-state index is 12.6. The average Bonchev–Trinajstić information content (AvgIpc) is 3.32. The van der Waals surface area contributed by atoms with Crippen molar-refractivity contribution in [3.63, 3.8) is 0 Å². The molecule has 4 rings (SSSR count). The van der Waals surface area contributed by atoms with Crippen LogP contribution in [0, 0.1) is 0 Å². The van der Waals surface area contributed by atoms with Gasteiger partial charge in [0, 0.05) is 0 Å². The maximum Gasteiger partial charge on any atom is 0.322 e. The van der Waals surface area contributed by atoms with Gasteiger partial charge in [-0.1, -0.05) is 47.0 Å². The molecule has 6 nitrogen and oxygen atoms in total. The first kappa shape index (κ1) is 17.3. The third-order valence-corrected chi connectivity index (χ3v) is 4.75. The Balaban J connectivity index is 1.53. The quantitative estimate of drug-likeness (QED) is 0.481. The second-order valence-electron chi connectivity index (χ2n) is 5.38. The third-order valence-electron chi connectivity index (χ3n) is 3.53. The van der Waals surface area contributed by atoms with Crippen molar-refractivity contribution in [2.24, 2.45) is 0 Å². The molecule has 0 aliphatic carbocycles. The number of nitrogens with one attached hydrogen (secondary N) is 1. The predicted molar refractivity (Wildman–Crippen MR) is 104 cm³/mol. The van der Waals surface area contributed by atoms with Crippen LogP contribution in [0.5, 0.6) is 11.5 Å². The molecule has 2 aromatic carbocycles. The van der Waals surface area contributed by atoms with E-state index in [0.717, 1.165) is 4.88 Å².